The number of pyridine rings is 2. The number of hydrogen-bond donors (Lipinski definition) is 2. The van der Waals surface area contributed by atoms with Gasteiger partial charge in [-0.15, -0.1) is 0 Å². The first kappa shape index (κ1) is 16.1. The molecular weight excluding hydrogens is 345 g/mol. The number of methoxy groups -OCH3 is 1. The number of fused-ring (bicyclic) bond motifs is 1. The van der Waals surface area contributed by atoms with E-state index in [1.165, 1.54) is 0 Å². The zero-order valence-corrected chi connectivity index (χ0v) is 14.3. The smallest absolute Gasteiger partial charge is 0.142 e. The van der Waals surface area contributed by atoms with Gasteiger partial charge in [0.1, 0.15) is 23.4 Å². The Hall–Kier alpha value is -2.38. The highest BCUT2D eigenvalue weighted by atomic mass is 35.5. The van der Waals surface area contributed by atoms with Crippen LogP contribution < -0.4 is 15.4 Å². The van der Waals surface area contributed by atoms with Crippen molar-refractivity contribution in [3.05, 3.63) is 41.7 Å². The number of alkyl halides is 1. The van der Waals surface area contributed by atoms with Gasteiger partial charge in [-0.1, -0.05) is 17.7 Å². The van der Waals surface area contributed by atoms with E-state index in [0.29, 0.717) is 35.3 Å². The van der Waals surface area contributed by atoms with Gasteiger partial charge in [-0.2, -0.15) is 0 Å². The molecular formula is C17H17ClFN5O. The van der Waals surface area contributed by atoms with Crippen LogP contribution in [-0.2, 0) is 0 Å². The minimum absolute atomic E-state index is 0.274. The van der Waals surface area contributed by atoms with Gasteiger partial charge in [-0.3, -0.25) is 4.40 Å². The van der Waals surface area contributed by atoms with E-state index in [2.05, 4.69) is 20.6 Å². The number of nitrogens with one attached hydrogen (secondary N) is 2. The number of rotatable bonds is 4. The van der Waals surface area contributed by atoms with Crippen LogP contribution in [0, 0.1) is 0 Å². The molecule has 1 fully saturated rings. The van der Waals surface area contributed by atoms with Gasteiger partial charge in [-0.05, 0) is 12.1 Å². The van der Waals surface area contributed by atoms with Crippen molar-refractivity contribution >= 4 is 23.1 Å². The van der Waals surface area contributed by atoms with Gasteiger partial charge in [0.25, 0.3) is 0 Å². The summed E-state index contributed by atoms with van der Waals surface area (Å²) in [6.45, 7) is 0.947. The lowest BCUT2D eigenvalue weighted by Gasteiger charge is -2.15. The van der Waals surface area contributed by atoms with Crippen molar-refractivity contribution in [1.82, 2.24) is 19.7 Å². The van der Waals surface area contributed by atoms with E-state index in [1.807, 2.05) is 22.6 Å². The average Bonchev–Trinajstić information content (AvgIpc) is 3.20. The van der Waals surface area contributed by atoms with Crippen LogP contribution in [0.5, 0.6) is 5.75 Å². The third-order valence-corrected chi connectivity index (χ3v) is 4.55. The predicted octanol–water partition coefficient (Wildman–Crippen LogP) is 2.78. The van der Waals surface area contributed by atoms with E-state index in [-0.39, 0.29) is 6.04 Å². The molecule has 1 saturated heterocycles. The Kier molecular flexibility index (Phi) is 4.19. The number of ether oxygens (including phenoxy) is 1. The highest BCUT2D eigenvalue weighted by molar-refractivity contribution is 6.32. The van der Waals surface area contributed by atoms with E-state index >= 15 is 0 Å². The number of halogens is 2. The van der Waals surface area contributed by atoms with Crippen LogP contribution >= 0.6 is 11.6 Å². The quantitative estimate of drug-likeness (QED) is 0.748. The summed E-state index contributed by atoms with van der Waals surface area (Å²) in [5, 5.41) is 6.65. The number of anilines is 1. The van der Waals surface area contributed by atoms with E-state index in [1.54, 1.807) is 25.6 Å². The van der Waals surface area contributed by atoms with Gasteiger partial charge < -0.3 is 15.4 Å². The van der Waals surface area contributed by atoms with Crippen LogP contribution in [0.2, 0.25) is 5.02 Å². The van der Waals surface area contributed by atoms with Crippen LogP contribution in [-0.4, -0.2) is 46.8 Å². The summed E-state index contributed by atoms with van der Waals surface area (Å²) in [5.74, 6) is 1.20. The topological polar surface area (TPSA) is 63.5 Å². The summed E-state index contributed by atoms with van der Waals surface area (Å²) in [7, 11) is 1.56. The maximum absolute atomic E-state index is 13.8. The Morgan fingerprint density at radius 3 is 3.04 bits per heavy atom. The minimum Gasteiger partial charge on any atom is -0.495 e. The molecule has 1 aliphatic heterocycles. The molecule has 3 aromatic rings. The van der Waals surface area contributed by atoms with Crippen molar-refractivity contribution in [3.8, 4) is 17.1 Å². The van der Waals surface area contributed by atoms with Crippen LogP contribution in [0.1, 0.15) is 0 Å². The summed E-state index contributed by atoms with van der Waals surface area (Å²) < 4.78 is 20.9. The average molecular weight is 362 g/mol. The Bertz CT molecular complexity index is 915. The van der Waals surface area contributed by atoms with Gasteiger partial charge in [-0.25, -0.2) is 14.4 Å². The second-order valence-corrected chi connectivity index (χ2v) is 6.30. The lowest BCUT2D eigenvalue weighted by atomic mass is 10.2. The van der Waals surface area contributed by atoms with Crippen LogP contribution in [0.4, 0.5) is 10.2 Å². The molecule has 4 rings (SSSR count). The SMILES string of the molecule is COc1cc2ncc(-c3cccc(NC4CNCC4F)n3)n2cc1Cl. The normalized spacial score (nSPS) is 20.1. The largest absolute Gasteiger partial charge is 0.495 e. The lowest BCUT2D eigenvalue weighted by molar-refractivity contribution is 0.342. The minimum atomic E-state index is -0.924. The second-order valence-electron chi connectivity index (χ2n) is 5.89. The molecule has 3 aromatic heterocycles. The molecule has 1 aliphatic rings. The maximum atomic E-state index is 13.8. The highest BCUT2D eigenvalue weighted by Gasteiger charge is 2.26. The molecule has 0 bridgehead atoms. The van der Waals surface area contributed by atoms with E-state index in [0.717, 1.165) is 11.4 Å². The van der Waals surface area contributed by atoms with Crippen LogP contribution in [0.15, 0.2) is 36.7 Å². The molecule has 0 aliphatic carbocycles. The van der Waals surface area contributed by atoms with E-state index in [9.17, 15) is 4.39 Å². The zero-order valence-electron chi connectivity index (χ0n) is 13.5. The predicted molar refractivity (Wildman–Crippen MR) is 95.2 cm³/mol. The molecule has 130 valence electrons. The molecule has 6 nitrogen and oxygen atoms in total. The molecule has 2 N–H and O–H groups in total. The molecule has 4 heterocycles. The van der Waals surface area contributed by atoms with Crippen molar-refractivity contribution in [2.24, 2.45) is 0 Å². The van der Waals surface area contributed by atoms with Crippen molar-refractivity contribution in [3.63, 3.8) is 0 Å². The number of nitrogens with zero attached hydrogens (tertiary/aromatic N) is 3. The Morgan fingerprint density at radius 1 is 1.40 bits per heavy atom. The summed E-state index contributed by atoms with van der Waals surface area (Å²) in [4.78, 5) is 8.98. The van der Waals surface area contributed by atoms with Gasteiger partial charge >= 0.3 is 0 Å². The summed E-state index contributed by atoms with van der Waals surface area (Å²) >= 11 is 6.23. The lowest BCUT2D eigenvalue weighted by Crippen LogP contribution is -2.29. The van der Waals surface area contributed by atoms with E-state index in [4.69, 9.17) is 16.3 Å². The third-order valence-electron chi connectivity index (χ3n) is 4.27. The van der Waals surface area contributed by atoms with Crippen LogP contribution in [0.3, 0.4) is 0 Å². The molecule has 0 radical (unpaired) electrons. The molecule has 2 atom stereocenters. The van der Waals surface area contributed by atoms with Gasteiger partial charge in [0.2, 0.25) is 0 Å². The molecule has 8 heteroatoms. The fraction of sp³-hybridized carbons (Fsp3) is 0.294. The number of imidazole rings is 1. The molecule has 25 heavy (non-hydrogen) atoms. The first-order valence-corrected chi connectivity index (χ1v) is 8.33. The Morgan fingerprint density at radius 2 is 2.28 bits per heavy atom. The Labute approximate surface area is 149 Å². The maximum Gasteiger partial charge on any atom is 0.142 e. The molecule has 0 amide bonds. The fourth-order valence-electron chi connectivity index (χ4n) is 2.96. The van der Waals surface area contributed by atoms with Gasteiger partial charge in [0.05, 0.1) is 35.8 Å². The van der Waals surface area contributed by atoms with Gasteiger partial charge in [0.15, 0.2) is 0 Å². The second kappa shape index (κ2) is 6.50. The highest BCUT2D eigenvalue weighted by Crippen LogP contribution is 2.29. The standard InChI is InChI=1S/C17H17ClFN5O/c1-25-15-5-17-21-8-14(24(17)9-10(15)18)12-3-2-4-16(22-12)23-13-7-20-6-11(13)19/h2-5,8-9,11,13,20H,6-7H2,1H3,(H,22,23). The Balaban J connectivity index is 1.69. The van der Waals surface area contributed by atoms with Crippen molar-refractivity contribution in [1.29, 1.82) is 0 Å². The first-order valence-electron chi connectivity index (χ1n) is 7.95. The van der Waals surface area contributed by atoms with E-state index < -0.39 is 6.17 Å². The third kappa shape index (κ3) is 3.01. The van der Waals surface area contributed by atoms with Crippen LogP contribution in [0.25, 0.3) is 17.0 Å². The van der Waals surface area contributed by atoms with Crippen molar-refractivity contribution in [2.75, 3.05) is 25.5 Å². The monoisotopic (exact) mass is 361 g/mol. The molecule has 0 saturated carbocycles. The first-order chi connectivity index (χ1) is 12.2. The number of aromatic nitrogens is 3. The molecule has 2 unspecified atom stereocenters. The van der Waals surface area contributed by atoms with Gasteiger partial charge in [0, 0.05) is 25.4 Å². The van der Waals surface area contributed by atoms with Crippen molar-refractivity contribution < 1.29 is 9.13 Å². The fourth-order valence-corrected chi connectivity index (χ4v) is 3.19. The van der Waals surface area contributed by atoms with Crippen molar-refractivity contribution in [2.45, 2.75) is 12.2 Å². The molecule has 0 aromatic carbocycles. The summed E-state index contributed by atoms with van der Waals surface area (Å²) in [6, 6.07) is 7.08. The molecule has 0 spiro atoms. The summed E-state index contributed by atoms with van der Waals surface area (Å²) in [6.07, 6.45) is 2.55. The zero-order chi connectivity index (χ0) is 17.4. The number of hydrogen-bond acceptors (Lipinski definition) is 5. The summed E-state index contributed by atoms with van der Waals surface area (Å²) in [5.41, 5.74) is 2.23.